The molecule has 0 radical (unpaired) electrons. The summed E-state index contributed by atoms with van der Waals surface area (Å²) in [5, 5.41) is 0.781. The first-order chi connectivity index (χ1) is 12.9. The van der Waals surface area contributed by atoms with Crippen LogP contribution < -0.4 is 4.90 Å². The van der Waals surface area contributed by atoms with Gasteiger partial charge in [0.15, 0.2) is 5.13 Å². The van der Waals surface area contributed by atoms with Gasteiger partial charge >= 0.3 is 0 Å². The molecule has 3 rings (SSSR count). The van der Waals surface area contributed by atoms with E-state index in [2.05, 4.69) is 44.1 Å². The van der Waals surface area contributed by atoms with E-state index in [0.717, 1.165) is 45.0 Å². The van der Waals surface area contributed by atoms with Crippen molar-refractivity contribution in [1.29, 1.82) is 0 Å². The monoisotopic (exact) mass is 417 g/mol. The van der Waals surface area contributed by atoms with Gasteiger partial charge in [-0.1, -0.05) is 41.2 Å². The Hall–Kier alpha value is -1.95. The summed E-state index contributed by atoms with van der Waals surface area (Å²) in [4.78, 5) is 22.2. The third-order valence-corrected chi connectivity index (χ3v) is 5.73. The van der Waals surface area contributed by atoms with E-state index in [1.54, 1.807) is 11.3 Å². The molecule has 0 saturated heterocycles. The number of carbonyl (C=O) groups excluding carboxylic acids is 1. The number of halogens is 1. The van der Waals surface area contributed by atoms with Crippen molar-refractivity contribution in [2.75, 3.05) is 32.1 Å². The van der Waals surface area contributed by atoms with Crippen molar-refractivity contribution in [3.05, 3.63) is 58.7 Å². The van der Waals surface area contributed by atoms with E-state index in [4.69, 9.17) is 4.98 Å². The minimum absolute atomic E-state index is 0. The highest BCUT2D eigenvalue weighted by molar-refractivity contribution is 7.22. The third kappa shape index (κ3) is 4.90. The molecule has 0 N–H and O–H groups in total. The Kier molecular flexibility index (Phi) is 7.58. The van der Waals surface area contributed by atoms with Crippen molar-refractivity contribution in [3.8, 4) is 0 Å². The van der Waals surface area contributed by atoms with Crippen LogP contribution >= 0.6 is 23.7 Å². The Morgan fingerprint density at radius 2 is 1.79 bits per heavy atom. The molecule has 3 aromatic rings. The maximum atomic E-state index is 13.4. The quantitative estimate of drug-likeness (QED) is 0.550. The predicted octanol–water partition coefficient (Wildman–Crippen LogP) is 5.24. The molecule has 0 aliphatic rings. The van der Waals surface area contributed by atoms with Crippen LogP contribution in [0.4, 0.5) is 5.13 Å². The van der Waals surface area contributed by atoms with Crippen molar-refractivity contribution in [1.82, 2.24) is 9.88 Å². The number of benzene rings is 2. The summed E-state index contributed by atoms with van der Waals surface area (Å²) in [5.74, 6) is 0.0305. The number of amides is 1. The molecule has 6 heteroatoms. The van der Waals surface area contributed by atoms with Crippen LogP contribution in [0.3, 0.4) is 0 Å². The van der Waals surface area contributed by atoms with Gasteiger partial charge in [-0.2, -0.15) is 0 Å². The summed E-state index contributed by atoms with van der Waals surface area (Å²) in [6.07, 6.45) is 0.901. The molecule has 0 unspecified atom stereocenters. The molecule has 0 spiro atoms. The van der Waals surface area contributed by atoms with Crippen molar-refractivity contribution in [2.24, 2.45) is 0 Å². The SMILES string of the molecule is Cc1ccc(C(=O)N(CCCN(C)C)c2nc3c(C)cccc3s2)c(C)c1.Cl. The number of hydrogen-bond acceptors (Lipinski definition) is 4. The zero-order chi connectivity index (χ0) is 19.6. The molecule has 2 aromatic carbocycles. The average Bonchev–Trinajstić information content (AvgIpc) is 3.03. The Labute approximate surface area is 177 Å². The third-order valence-electron chi connectivity index (χ3n) is 4.68. The standard InChI is InChI=1S/C22H27N3OS.ClH/c1-15-10-11-18(17(3)14-15)21(26)25(13-7-12-24(4)5)22-23-20-16(2)8-6-9-19(20)27-22;/h6,8-11,14H,7,12-13H2,1-5H3;1H. The molecule has 0 aliphatic carbocycles. The lowest BCUT2D eigenvalue weighted by Crippen LogP contribution is -2.33. The molecular weight excluding hydrogens is 390 g/mol. The first kappa shape index (κ1) is 22.3. The normalized spacial score (nSPS) is 10.9. The van der Waals surface area contributed by atoms with Crippen molar-refractivity contribution in [2.45, 2.75) is 27.2 Å². The van der Waals surface area contributed by atoms with Crippen LogP contribution in [-0.4, -0.2) is 43.0 Å². The van der Waals surface area contributed by atoms with Crippen LogP contribution in [0.1, 0.15) is 33.5 Å². The molecule has 0 bridgehead atoms. The van der Waals surface area contributed by atoms with Crippen molar-refractivity contribution < 1.29 is 4.79 Å². The largest absolute Gasteiger partial charge is 0.309 e. The lowest BCUT2D eigenvalue weighted by atomic mass is 10.0. The summed E-state index contributed by atoms with van der Waals surface area (Å²) < 4.78 is 1.12. The van der Waals surface area contributed by atoms with E-state index < -0.39 is 0 Å². The number of rotatable bonds is 6. The van der Waals surface area contributed by atoms with E-state index in [1.165, 1.54) is 5.56 Å². The number of para-hydroxylation sites is 1. The van der Waals surface area contributed by atoms with Crippen LogP contribution in [0.25, 0.3) is 10.2 Å². The van der Waals surface area contributed by atoms with Gasteiger partial charge in [0.25, 0.3) is 5.91 Å². The fourth-order valence-electron chi connectivity index (χ4n) is 3.22. The molecule has 150 valence electrons. The van der Waals surface area contributed by atoms with Gasteiger partial charge in [-0.3, -0.25) is 9.69 Å². The van der Waals surface area contributed by atoms with E-state index in [9.17, 15) is 4.79 Å². The van der Waals surface area contributed by atoms with Gasteiger partial charge < -0.3 is 4.90 Å². The Morgan fingerprint density at radius 3 is 2.43 bits per heavy atom. The first-order valence-corrected chi connectivity index (χ1v) is 10.1. The highest BCUT2D eigenvalue weighted by Crippen LogP contribution is 2.31. The van der Waals surface area contributed by atoms with Crippen LogP contribution in [0.15, 0.2) is 36.4 Å². The molecule has 4 nitrogen and oxygen atoms in total. The van der Waals surface area contributed by atoms with Crippen LogP contribution in [0.5, 0.6) is 0 Å². The zero-order valence-electron chi connectivity index (χ0n) is 17.2. The van der Waals surface area contributed by atoms with Gasteiger partial charge in [0.2, 0.25) is 0 Å². The molecule has 28 heavy (non-hydrogen) atoms. The Morgan fingerprint density at radius 1 is 1.04 bits per heavy atom. The number of anilines is 1. The lowest BCUT2D eigenvalue weighted by Gasteiger charge is -2.22. The fourth-order valence-corrected chi connectivity index (χ4v) is 4.29. The Balaban J connectivity index is 0.00000280. The first-order valence-electron chi connectivity index (χ1n) is 9.27. The van der Waals surface area contributed by atoms with Crippen LogP contribution in [0, 0.1) is 20.8 Å². The highest BCUT2D eigenvalue weighted by Gasteiger charge is 2.22. The van der Waals surface area contributed by atoms with Gasteiger partial charge in [0.05, 0.1) is 10.2 Å². The molecular formula is C22H28ClN3OS. The number of carbonyl (C=O) groups is 1. The van der Waals surface area contributed by atoms with Crippen molar-refractivity contribution >= 4 is 45.0 Å². The van der Waals surface area contributed by atoms with Gasteiger partial charge in [-0.15, -0.1) is 12.4 Å². The Bertz CT molecular complexity index is 968. The maximum absolute atomic E-state index is 13.4. The predicted molar refractivity (Wildman–Crippen MR) is 122 cm³/mol. The molecule has 1 amide bonds. The van der Waals surface area contributed by atoms with Gasteiger partial charge in [0.1, 0.15) is 0 Å². The zero-order valence-corrected chi connectivity index (χ0v) is 18.8. The molecule has 1 heterocycles. The number of aromatic nitrogens is 1. The minimum atomic E-state index is 0. The molecule has 0 fully saturated rings. The van der Waals surface area contributed by atoms with Gasteiger partial charge in [-0.25, -0.2) is 4.98 Å². The van der Waals surface area contributed by atoms with E-state index in [0.29, 0.717) is 6.54 Å². The number of nitrogens with zero attached hydrogens (tertiary/aromatic N) is 3. The lowest BCUT2D eigenvalue weighted by molar-refractivity contribution is 0.0985. The number of hydrogen-bond donors (Lipinski definition) is 0. The summed E-state index contributed by atoms with van der Waals surface area (Å²) in [6, 6.07) is 12.2. The maximum Gasteiger partial charge on any atom is 0.260 e. The van der Waals surface area contributed by atoms with E-state index >= 15 is 0 Å². The molecule has 0 atom stereocenters. The van der Waals surface area contributed by atoms with E-state index in [-0.39, 0.29) is 18.3 Å². The van der Waals surface area contributed by atoms with Crippen LogP contribution in [-0.2, 0) is 0 Å². The topological polar surface area (TPSA) is 36.4 Å². The molecule has 0 saturated carbocycles. The number of thiazole rings is 1. The number of aryl methyl sites for hydroxylation is 3. The van der Waals surface area contributed by atoms with E-state index in [1.807, 2.05) is 36.9 Å². The molecule has 0 aliphatic heterocycles. The minimum Gasteiger partial charge on any atom is -0.309 e. The highest BCUT2D eigenvalue weighted by atomic mass is 35.5. The summed E-state index contributed by atoms with van der Waals surface area (Å²) in [6.45, 7) is 7.70. The van der Waals surface area contributed by atoms with Gasteiger partial charge in [-0.05, 0) is 71.1 Å². The fraction of sp³-hybridized carbons (Fsp3) is 0.364. The summed E-state index contributed by atoms with van der Waals surface area (Å²) in [7, 11) is 4.11. The second-order valence-corrected chi connectivity index (χ2v) is 8.36. The van der Waals surface area contributed by atoms with Crippen LogP contribution in [0.2, 0.25) is 0 Å². The number of fused-ring (bicyclic) bond motifs is 1. The van der Waals surface area contributed by atoms with Gasteiger partial charge in [0, 0.05) is 12.1 Å². The second-order valence-electron chi connectivity index (χ2n) is 7.35. The van der Waals surface area contributed by atoms with Crippen molar-refractivity contribution in [3.63, 3.8) is 0 Å². The smallest absolute Gasteiger partial charge is 0.260 e. The second kappa shape index (κ2) is 9.50. The average molecular weight is 418 g/mol. The summed E-state index contributed by atoms with van der Waals surface area (Å²) >= 11 is 1.59. The summed E-state index contributed by atoms with van der Waals surface area (Å²) in [5.41, 5.74) is 5.06. The molecule has 1 aromatic heterocycles.